The van der Waals surface area contributed by atoms with E-state index in [4.69, 9.17) is 40.1 Å². The Morgan fingerprint density at radius 2 is 1.78 bits per heavy atom. The molecule has 9 heavy (non-hydrogen) atoms. The fraction of sp³-hybridized carbons (Fsp3) is 0.750. The van der Waals surface area contributed by atoms with Crippen molar-refractivity contribution in [1.29, 1.82) is 5.26 Å². The molecule has 0 saturated carbocycles. The molecule has 1 nitrogen and oxygen atoms in total. The minimum atomic E-state index is -0.660. The highest BCUT2D eigenvalue weighted by Gasteiger charge is 2.20. The Morgan fingerprint density at radius 3 is 1.89 bits per heavy atom. The van der Waals surface area contributed by atoms with Gasteiger partial charge in [0, 0.05) is 15.2 Å². The summed E-state index contributed by atoms with van der Waals surface area (Å²) in [7, 11) is 0.753. The minimum absolute atomic E-state index is 0.131. The third kappa shape index (κ3) is 3.32. The van der Waals surface area contributed by atoms with Gasteiger partial charge >= 0.3 is 0 Å². The van der Waals surface area contributed by atoms with E-state index in [-0.39, 0.29) is 5.00 Å². The summed E-state index contributed by atoms with van der Waals surface area (Å²) in [6, 6.07) is 1.82. The molecule has 3 unspecified atom stereocenters. The molecule has 52 valence electrons. The highest BCUT2D eigenvalue weighted by molar-refractivity contribution is 6.46. The summed E-state index contributed by atoms with van der Waals surface area (Å²) in [5.41, 5.74) is 0. The maximum Gasteiger partial charge on any atom is 0.137 e. The molecule has 0 aromatic carbocycles. The van der Waals surface area contributed by atoms with Gasteiger partial charge in [-0.2, -0.15) is 5.26 Å². The van der Waals surface area contributed by atoms with Crippen LogP contribution in [-0.4, -0.2) is 26.0 Å². The molecule has 0 aliphatic carbocycles. The highest BCUT2D eigenvalue weighted by Crippen LogP contribution is 2.15. The number of nitriles is 1. The Bertz CT molecular complexity index is 121. The zero-order valence-electron chi connectivity index (χ0n) is 4.81. The van der Waals surface area contributed by atoms with Gasteiger partial charge in [-0.15, -0.1) is 34.8 Å². The van der Waals surface area contributed by atoms with Gasteiger partial charge in [0.2, 0.25) is 0 Å². The third-order valence-corrected chi connectivity index (χ3v) is 3.51. The summed E-state index contributed by atoms with van der Waals surface area (Å²) in [6.45, 7) is 0. The third-order valence-electron chi connectivity index (χ3n) is 0.842. The van der Waals surface area contributed by atoms with Crippen LogP contribution in [-0.2, 0) is 0 Å². The zero-order chi connectivity index (χ0) is 7.44. The van der Waals surface area contributed by atoms with Crippen molar-refractivity contribution < 1.29 is 0 Å². The van der Waals surface area contributed by atoms with Crippen LogP contribution >= 0.6 is 34.8 Å². The topological polar surface area (TPSA) is 23.8 Å². The largest absolute Gasteiger partial charge is 0.197 e. The quantitative estimate of drug-likeness (QED) is 0.477. The van der Waals surface area contributed by atoms with Crippen LogP contribution in [0.15, 0.2) is 0 Å². The summed E-state index contributed by atoms with van der Waals surface area (Å²) >= 11 is 16.7. The number of alkyl halides is 3. The Kier molecular flexibility index (Phi) is 4.68. The lowest BCUT2D eigenvalue weighted by Crippen LogP contribution is -2.24. The van der Waals surface area contributed by atoms with Crippen molar-refractivity contribution in [2.45, 2.75) is 15.8 Å². The molecule has 0 heterocycles. The van der Waals surface area contributed by atoms with Crippen molar-refractivity contribution in [3.8, 4) is 6.07 Å². The van der Waals surface area contributed by atoms with Gasteiger partial charge in [0.1, 0.15) is 5.38 Å². The van der Waals surface area contributed by atoms with Crippen LogP contribution in [0, 0.1) is 11.3 Å². The van der Waals surface area contributed by atoms with E-state index in [1.54, 1.807) is 0 Å². The maximum absolute atomic E-state index is 8.24. The average Bonchev–Trinajstić information content (AvgIpc) is 1.84. The van der Waals surface area contributed by atoms with Gasteiger partial charge in [-0.25, -0.2) is 0 Å². The van der Waals surface area contributed by atoms with Crippen molar-refractivity contribution in [1.82, 2.24) is 0 Å². The zero-order valence-corrected chi connectivity index (χ0v) is 9.08. The van der Waals surface area contributed by atoms with Gasteiger partial charge in [-0.05, 0) is 0 Å². The van der Waals surface area contributed by atoms with Gasteiger partial charge in [0.15, 0.2) is 0 Å². The molecule has 0 rings (SSSR count). The Labute approximate surface area is 72.3 Å². The molecule has 0 N–H and O–H groups in total. The normalized spacial score (nSPS) is 20.2. The number of nitrogens with zero attached hydrogens (tertiary/aromatic N) is 1. The van der Waals surface area contributed by atoms with Gasteiger partial charge in [0.25, 0.3) is 0 Å². The second-order valence-electron chi connectivity index (χ2n) is 1.65. The standard InChI is InChI=1S/C4H6Cl3NSi/c5-2(1-8)3(6)4(7)9/h2-4H,9H3. The van der Waals surface area contributed by atoms with Crippen molar-refractivity contribution in [3.63, 3.8) is 0 Å². The van der Waals surface area contributed by atoms with Gasteiger partial charge < -0.3 is 0 Å². The van der Waals surface area contributed by atoms with Crippen LogP contribution in [0.25, 0.3) is 0 Å². The molecule has 5 heteroatoms. The minimum Gasteiger partial charge on any atom is -0.197 e. The van der Waals surface area contributed by atoms with Crippen LogP contribution in [0.4, 0.5) is 0 Å². The van der Waals surface area contributed by atoms with Crippen molar-refractivity contribution in [2.75, 3.05) is 0 Å². The number of rotatable bonds is 2. The predicted molar refractivity (Wildman–Crippen MR) is 44.5 cm³/mol. The number of hydrogen-bond donors (Lipinski definition) is 0. The van der Waals surface area contributed by atoms with E-state index in [1.807, 2.05) is 6.07 Å². The first-order valence-corrected chi connectivity index (χ1v) is 4.87. The van der Waals surface area contributed by atoms with Gasteiger partial charge in [-0.3, -0.25) is 0 Å². The highest BCUT2D eigenvalue weighted by atomic mass is 35.5. The van der Waals surface area contributed by atoms with E-state index in [0.717, 1.165) is 10.2 Å². The first-order chi connectivity index (χ1) is 4.09. The molecule has 0 bridgehead atoms. The molecular weight excluding hydrogens is 196 g/mol. The molecular formula is C4H6Cl3NSi. The molecule has 3 atom stereocenters. The molecule has 0 aromatic rings. The predicted octanol–water partition coefficient (Wildman–Crippen LogP) is 0.655. The lowest BCUT2D eigenvalue weighted by atomic mass is 10.3. The molecule has 0 radical (unpaired) electrons. The lowest BCUT2D eigenvalue weighted by Gasteiger charge is -2.10. The van der Waals surface area contributed by atoms with Crippen LogP contribution < -0.4 is 0 Å². The number of halogens is 3. The van der Waals surface area contributed by atoms with E-state index in [9.17, 15) is 0 Å². The van der Waals surface area contributed by atoms with Crippen molar-refractivity contribution >= 4 is 45.0 Å². The van der Waals surface area contributed by atoms with Crippen LogP contribution in [0.5, 0.6) is 0 Å². The van der Waals surface area contributed by atoms with Gasteiger partial charge in [-0.1, -0.05) is 0 Å². The summed E-state index contributed by atoms with van der Waals surface area (Å²) < 4.78 is 0. The maximum atomic E-state index is 8.24. The smallest absolute Gasteiger partial charge is 0.137 e. The fourth-order valence-corrected chi connectivity index (χ4v) is 1.43. The lowest BCUT2D eigenvalue weighted by molar-refractivity contribution is 0.950. The monoisotopic (exact) mass is 201 g/mol. The Morgan fingerprint density at radius 1 is 1.33 bits per heavy atom. The van der Waals surface area contributed by atoms with Crippen LogP contribution in [0.3, 0.4) is 0 Å². The molecule has 0 aliphatic rings. The summed E-state index contributed by atoms with van der Waals surface area (Å²) in [5.74, 6) is 0. The first kappa shape index (κ1) is 9.58. The molecule has 0 aromatic heterocycles. The van der Waals surface area contributed by atoms with E-state index < -0.39 is 10.8 Å². The molecule has 0 amide bonds. The van der Waals surface area contributed by atoms with E-state index in [2.05, 4.69) is 0 Å². The molecule has 0 fully saturated rings. The van der Waals surface area contributed by atoms with Crippen LogP contribution in [0.1, 0.15) is 0 Å². The average molecular weight is 203 g/mol. The van der Waals surface area contributed by atoms with Gasteiger partial charge in [0.05, 0.1) is 11.4 Å². The van der Waals surface area contributed by atoms with Crippen molar-refractivity contribution in [3.05, 3.63) is 0 Å². The summed E-state index contributed by atoms with van der Waals surface area (Å²) in [4.78, 5) is 0. The van der Waals surface area contributed by atoms with Crippen molar-refractivity contribution in [2.24, 2.45) is 0 Å². The second kappa shape index (κ2) is 4.40. The molecule has 0 spiro atoms. The molecule has 0 saturated heterocycles. The first-order valence-electron chi connectivity index (χ1n) is 2.41. The molecule has 0 aliphatic heterocycles. The summed E-state index contributed by atoms with van der Waals surface area (Å²) in [6.07, 6.45) is 0. The van der Waals surface area contributed by atoms with E-state index in [1.165, 1.54) is 0 Å². The Hall–Kier alpha value is 0.577. The van der Waals surface area contributed by atoms with E-state index in [0.29, 0.717) is 0 Å². The SMILES string of the molecule is N#CC(Cl)C(Cl)C([SiH3])Cl. The Balaban J connectivity index is 3.76. The number of hydrogen-bond acceptors (Lipinski definition) is 1. The fourth-order valence-electron chi connectivity index (χ4n) is 0.304. The second-order valence-corrected chi connectivity index (χ2v) is 5.29. The van der Waals surface area contributed by atoms with Crippen LogP contribution in [0.2, 0.25) is 0 Å². The summed E-state index contributed by atoms with van der Waals surface area (Å²) in [5, 5.41) is 7.04. The van der Waals surface area contributed by atoms with E-state index >= 15 is 0 Å².